The van der Waals surface area contributed by atoms with E-state index in [2.05, 4.69) is 6.07 Å². The predicted molar refractivity (Wildman–Crippen MR) is 71.1 cm³/mol. The van der Waals surface area contributed by atoms with E-state index in [0.29, 0.717) is 5.56 Å². The minimum absolute atomic E-state index is 0.0431. The molecule has 18 heavy (non-hydrogen) atoms. The van der Waals surface area contributed by atoms with Crippen molar-refractivity contribution in [3.05, 3.63) is 41.0 Å². The van der Waals surface area contributed by atoms with Gasteiger partial charge < -0.3 is 15.3 Å². The molecular weight excluding hydrogens is 228 g/mol. The van der Waals surface area contributed by atoms with Crippen molar-refractivity contribution in [2.45, 2.75) is 20.8 Å². The Hall–Kier alpha value is -2.16. The predicted octanol–water partition coefficient (Wildman–Crippen LogP) is 3.40. The van der Waals surface area contributed by atoms with Gasteiger partial charge in [0.25, 0.3) is 0 Å². The number of phenols is 3. The van der Waals surface area contributed by atoms with E-state index in [1.165, 1.54) is 6.07 Å². The van der Waals surface area contributed by atoms with Crippen LogP contribution in [0.3, 0.4) is 0 Å². The van der Waals surface area contributed by atoms with Crippen molar-refractivity contribution in [3.8, 4) is 28.4 Å². The van der Waals surface area contributed by atoms with Crippen molar-refractivity contribution in [1.29, 1.82) is 0 Å². The monoisotopic (exact) mass is 244 g/mol. The van der Waals surface area contributed by atoms with Gasteiger partial charge in [0.1, 0.15) is 5.75 Å². The molecule has 2 rings (SSSR count). The molecule has 0 unspecified atom stereocenters. The third-order valence-electron chi connectivity index (χ3n) is 3.19. The van der Waals surface area contributed by atoms with Gasteiger partial charge in [-0.15, -0.1) is 0 Å². The van der Waals surface area contributed by atoms with Gasteiger partial charge >= 0.3 is 0 Å². The van der Waals surface area contributed by atoms with Gasteiger partial charge in [0.05, 0.1) is 0 Å². The van der Waals surface area contributed by atoms with Crippen molar-refractivity contribution in [2.24, 2.45) is 0 Å². The van der Waals surface area contributed by atoms with Crippen LogP contribution >= 0.6 is 0 Å². The first-order chi connectivity index (χ1) is 8.40. The highest BCUT2D eigenvalue weighted by molar-refractivity contribution is 5.77. The number of benzene rings is 2. The summed E-state index contributed by atoms with van der Waals surface area (Å²) in [5.41, 5.74) is 4.63. The van der Waals surface area contributed by atoms with E-state index in [4.69, 9.17) is 0 Å². The van der Waals surface area contributed by atoms with Crippen LogP contribution in [0.2, 0.25) is 0 Å². The third-order valence-corrected chi connectivity index (χ3v) is 3.19. The Labute approximate surface area is 106 Å². The standard InChI is InChI=1S/C15H16O3/c1-8-4-9(2)10(3)11(5-8)12-6-14(17)15(18)7-13(12)16/h4-7,16-18H,1-3H3. The summed E-state index contributed by atoms with van der Waals surface area (Å²) in [4.78, 5) is 0. The summed E-state index contributed by atoms with van der Waals surface area (Å²) in [5, 5.41) is 28.8. The molecule has 0 saturated carbocycles. The SMILES string of the molecule is Cc1cc(C)c(C)c(-c2cc(O)c(O)cc2O)c1. The number of hydrogen-bond donors (Lipinski definition) is 3. The number of rotatable bonds is 1. The summed E-state index contributed by atoms with van der Waals surface area (Å²) in [6.07, 6.45) is 0. The molecular formula is C15H16O3. The topological polar surface area (TPSA) is 60.7 Å². The summed E-state index contributed by atoms with van der Waals surface area (Å²) in [5.74, 6) is -0.599. The summed E-state index contributed by atoms with van der Waals surface area (Å²) in [6, 6.07) is 6.55. The molecule has 0 fully saturated rings. The maximum Gasteiger partial charge on any atom is 0.161 e. The molecule has 0 heterocycles. The zero-order valence-electron chi connectivity index (χ0n) is 10.7. The summed E-state index contributed by atoms with van der Waals surface area (Å²) < 4.78 is 0. The van der Waals surface area contributed by atoms with Crippen molar-refractivity contribution >= 4 is 0 Å². The first kappa shape index (κ1) is 12.3. The second kappa shape index (κ2) is 4.26. The highest BCUT2D eigenvalue weighted by Crippen LogP contribution is 2.40. The van der Waals surface area contributed by atoms with Crippen LogP contribution in [0, 0.1) is 20.8 Å². The third kappa shape index (κ3) is 1.99. The highest BCUT2D eigenvalue weighted by atomic mass is 16.3. The average Bonchev–Trinajstić information content (AvgIpc) is 2.29. The van der Waals surface area contributed by atoms with E-state index >= 15 is 0 Å². The Morgan fingerprint density at radius 3 is 1.94 bits per heavy atom. The Morgan fingerprint density at radius 1 is 0.667 bits per heavy atom. The molecule has 3 nitrogen and oxygen atoms in total. The normalized spacial score (nSPS) is 10.6. The van der Waals surface area contributed by atoms with Crippen LogP contribution in [0.25, 0.3) is 11.1 Å². The van der Waals surface area contributed by atoms with Gasteiger partial charge in [-0.1, -0.05) is 17.7 Å². The van der Waals surface area contributed by atoms with Gasteiger partial charge in [0.2, 0.25) is 0 Å². The summed E-state index contributed by atoms with van der Waals surface area (Å²) in [7, 11) is 0. The summed E-state index contributed by atoms with van der Waals surface area (Å²) >= 11 is 0. The molecule has 2 aromatic rings. The molecule has 3 N–H and O–H groups in total. The maximum absolute atomic E-state index is 9.90. The number of hydrogen-bond acceptors (Lipinski definition) is 3. The van der Waals surface area contributed by atoms with Crippen LogP contribution in [-0.4, -0.2) is 15.3 Å². The van der Waals surface area contributed by atoms with E-state index in [-0.39, 0.29) is 17.2 Å². The first-order valence-electron chi connectivity index (χ1n) is 5.73. The lowest BCUT2D eigenvalue weighted by Gasteiger charge is -2.13. The first-order valence-corrected chi connectivity index (χ1v) is 5.73. The minimum Gasteiger partial charge on any atom is -0.507 e. The van der Waals surface area contributed by atoms with Crippen LogP contribution in [0.5, 0.6) is 17.2 Å². The molecule has 0 aliphatic heterocycles. The molecule has 2 aromatic carbocycles. The lowest BCUT2D eigenvalue weighted by molar-refractivity contribution is 0.397. The smallest absolute Gasteiger partial charge is 0.161 e. The lowest BCUT2D eigenvalue weighted by Crippen LogP contribution is -1.90. The van der Waals surface area contributed by atoms with Gasteiger partial charge in [-0.05, 0) is 43.5 Å². The Balaban J connectivity index is 2.73. The fourth-order valence-electron chi connectivity index (χ4n) is 2.10. The number of aryl methyl sites for hydroxylation is 2. The van der Waals surface area contributed by atoms with Gasteiger partial charge in [-0.3, -0.25) is 0 Å². The molecule has 0 amide bonds. The highest BCUT2D eigenvalue weighted by Gasteiger charge is 2.13. The van der Waals surface area contributed by atoms with Gasteiger partial charge in [-0.2, -0.15) is 0 Å². The average molecular weight is 244 g/mol. The Kier molecular flexibility index (Phi) is 2.91. The molecule has 0 aliphatic carbocycles. The van der Waals surface area contributed by atoms with Crippen LogP contribution in [0.15, 0.2) is 24.3 Å². The van der Waals surface area contributed by atoms with Crippen molar-refractivity contribution in [1.82, 2.24) is 0 Å². The molecule has 3 heteroatoms. The molecule has 0 aliphatic rings. The fraction of sp³-hybridized carbons (Fsp3) is 0.200. The quantitative estimate of drug-likeness (QED) is 0.532. The van der Waals surface area contributed by atoms with Crippen molar-refractivity contribution in [3.63, 3.8) is 0 Å². The van der Waals surface area contributed by atoms with Crippen LogP contribution in [0.4, 0.5) is 0 Å². The molecule has 94 valence electrons. The van der Waals surface area contributed by atoms with Gasteiger partial charge in [-0.25, -0.2) is 0 Å². The van der Waals surface area contributed by atoms with Crippen molar-refractivity contribution < 1.29 is 15.3 Å². The zero-order valence-corrected chi connectivity index (χ0v) is 10.7. The lowest BCUT2D eigenvalue weighted by atomic mass is 9.94. The van der Waals surface area contributed by atoms with Crippen LogP contribution in [-0.2, 0) is 0 Å². The zero-order chi connectivity index (χ0) is 13.4. The maximum atomic E-state index is 9.90. The molecule has 0 saturated heterocycles. The number of phenolic OH excluding ortho intramolecular Hbond substituents is 3. The van der Waals surface area contributed by atoms with Gasteiger partial charge in [0.15, 0.2) is 11.5 Å². The van der Waals surface area contributed by atoms with E-state index in [1.807, 2.05) is 26.8 Å². The van der Waals surface area contributed by atoms with Crippen molar-refractivity contribution in [2.75, 3.05) is 0 Å². The second-order valence-corrected chi connectivity index (χ2v) is 4.61. The minimum atomic E-state index is -0.321. The molecule has 0 spiro atoms. The Bertz CT molecular complexity index is 616. The van der Waals surface area contributed by atoms with Crippen LogP contribution < -0.4 is 0 Å². The number of aromatic hydroxyl groups is 3. The molecule has 0 bridgehead atoms. The molecule has 0 atom stereocenters. The van der Waals surface area contributed by atoms with Crippen LogP contribution in [0.1, 0.15) is 16.7 Å². The Morgan fingerprint density at radius 2 is 1.28 bits per heavy atom. The second-order valence-electron chi connectivity index (χ2n) is 4.61. The molecule has 0 radical (unpaired) electrons. The van der Waals surface area contributed by atoms with Gasteiger partial charge in [0, 0.05) is 11.6 Å². The van der Waals surface area contributed by atoms with E-state index in [9.17, 15) is 15.3 Å². The largest absolute Gasteiger partial charge is 0.507 e. The van der Waals surface area contributed by atoms with E-state index in [0.717, 1.165) is 28.3 Å². The molecule has 0 aromatic heterocycles. The van der Waals surface area contributed by atoms with E-state index in [1.54, 1.807) is 0 Å². The van der Waals surface area contributed by atoms with E-state index < -0.39 is 0 Å². The summed E-state index contributed by atoms with van der Waals surface area (Å²) in [6.45, 7) is 5.95. The fourth-order valence-corrected chi connectivity index (χ4v) is 2.10.